The minimum Gasteiger partial charge on any atom is -0.298 e. The van der Waals surface area contributed by atoms with E-state index in [1.54, 1.807) is 4.90 Å². The molecule has 2 rings (SSSR count). The molecule has 1 saturated heterocycles. The van der Waals surface area contributed by atoms with Crippen molar-refractivity contribution >= 4 is 27.5 Å². The Balaban J connectivity index is 2.29. The van der Waals surface area contributed by atoms with E-state index in [0.29, 0.717) is 13.2 Å². The summed E-state index contributed by atoms with van der Waals surface area (Å²) >= 11 is 3.37. The van der Waals surface area contributed by atoms with Crippen molar-refractivity contribution in [3.63, 3.8) is 0 Å². The number of hydrogen-bond acceptors (Lipinski definition) is 2. The molecule has 0 atom stereocenters. The van der Waals surface area contributed by atoms with Crippen molar-refractivity contribution in [3.05, 3.63) is 28.7 Å². The lowest BCUT2D eigenvalue weighted by Gasteiger charge is -2.14. The molecule has 1 aliphatic heterocycles. The van der Waals surface area contributed by atoms with Crippen LogP contribution in [0.4, 0.5) is 5.69 Å². The van der Waals surface area contributed by atoms with Crippen LogP contribution in [0.15, 0.2) is 28.7 Å². The van der Waals surface area contributed by atoms with Crippen molar-refractivity contribution < 1.29 is 4.79 Å². The molecular weight excluding hydrogens is 232 g/mol. The van der Waals surface area contributed by atoms with Gasteiger partial charge in [0, 0.05) is 10.2 Å². The standard InChI is InChI=1S/C9H9BrN2O/c10-7-2-1-3-8(4-7)12-6-11-5-9(12)13/h1-4,11H,5-6H2. The Morgan fingerprint density at radius 1 is 1.46 bits per heavy atom. The third kappa shape index (κ3) is 1.73. The maximum absolute atomic E-state index is 11.3. The molecule has 1 amide bonds. The second-order valence-corrected chi connectivity index (χ2v) is 3.80. The molecule has 0 radical (unpaired) electrons. The highest BCUT2D eigenvalue weighted by Gasteiger charge is 2.20. The molecule has 0 spiro atoms. The van der Waals surface area contributed by atoms with Gasteiger partial charge in [0.25, 0.3) is 0 Å². The van der Waals surface area contributed by atoms with Gasteiger partial charge in [-0.1, -0.05) is 22.0 Å². The van der Waals surface area contributed by atoms with Crippen LogP contribution in [-0.2, 0) is 4.79 Å². The first-order chi connectivity index (χ1) is 6.27. The van der Waals surface area contributed by atoms with Gasteiger partial charge in [-0.3, -0.25) is 15.0 Å². The van der Waals surface area contributed by atoms with Crippen LogP contribution in [0.3, 0.4) is 0 Å². The first-order valence-electron chi connectivity index (χ1n) is 4.04. The van der Waals surface area contributed by atoms with Gasteiger partial charge >= 0.3 is 0 Å². The molecule has 0 aliphatic carbocycles. The Hall–Kier alpha value is -0.870. The zero-order valence-electron chi connectivity index (χ0n) is 6.96. The molecule has 1 aliphatic rings. The Morgan fingerprint density at radius 3 is 2.92 bits per heavy atom. The van der Waals surface area contributed by atoms with Gasteiger partial charge in [-0.05, 0) is 18.2 Å². The fourth-order valence-electron chi connectivity index (χ4n) is 1.34. The molecule has 68 valence electrons. The first-order valence-corrected chi connectivity index (χ1v) is 4.83. The van der Waals surface area contributed by atoms with E-state index >= 15 is 0 Å². The third-order valence-corrected chi connectivity index (χ3v) is 2.46. The highest BCUT2D eigenvalue weighted by Crippen LogP contribution is 2.20. The van der Waals surface area contributed by atoms with Crippen LogP contribution in [0.5, 0.6) is 0 Å². The Kier molecular flexibility index (Phi) is 2.33. The number of nitrogens with zero attached hydrogens (tertiary/aromatic N) is 1. The van der Waals surface area contributed by atoms with Gasteiger partial charge < -0.3 is 0 Å². The van der Waals surface area contributed by atoms with Crippen LogP contribution >= 0.6 is 15.9 Å². The molecule has 0 bridgehead atoms. The number of amides is 1. The van der Waals surface area contributed by atoms with E-state index in [9.17, 15) is 4.79 Å². The third-order valence-electron chi connectivity index (χ3n) is 1.97. The molecule has 0 saturated carbocycles. The molecule has 0 aromatic heterocycles. The summed E-state index contributed by atoms with van der Waals surface area (Å²) in [6.45, 7) is 1.04. The van der Waals surface area contributed by atoms with Crippen LogP contribution in [0.1, 0.15) is 0 Å². The number of nitrogens with one attached hydrogen (secondary N) is 1. The largest absolute Gasteiger partial charge is 0.298 e. The topological polar surface area (TPSA) is 32.3 Å². The molecule has 1 aromatic carbocycles. The van der Waals surface area contributed by atoms with E-state index in [1.165, 1.54) is 0 Å². The van der Waals surface area contributed by atoms with Gasteiger partial charge in [0.2, 0.25) is 5.91 Å². The molecule has 13 heavy (non-hydrogen) atoms. The summed E-state index contributed by atoms with van der Waals surface area (Å²) in [6, 6.07) is 7.73. The molecule has 0 unspecified atom stereocenters. The van der Waals surface area contributed by atoms with Crippen molar-refractivity contribution in [1.82, 2.24) is 5.32 Å². The summed E-state index contributed by atoms with van der Waals surface area (Å²) in [7, 11) is 0. The molecular formula is C9H9BrN2O. The molecule has 1 fully saturated rings. The summed E-state index contributed by atoms with van der Waals surface area (Å²) in [5.41, 5.74) is 0.935. The van der Waals surface area contributed by atoms with Gasteiger partial charge in [0.1, 0.15) is 0 Å². The molecule has 1 heterocycles. The second kappa shape index (κ2) is 3.47. The number of carbonyl (C=O) groups excluding carboxylic acids is 1. The predicted octanol–water partition coefficient (Wildman–Crippen LogP) is 1.34. The van der Waals surface area contributed by atoms with Crippen LogP contribution < -0.4 is 10.2 Å². The predicted molar refractivity (Wildman–Crippen MR) is 54.5 cm³/mol. The smallest absolute Gasteiger partial charge is 0.242 e. The second-order valence-electron chi connectivity index (χ2n) is 2.89. The normalized spacial score (nSPS) is 16.7. The highest BCUT2D eigenvalue weighted by molar-refractivity contribution is 9.10. The molecule has 1 aromatic rings. The molecule has 3 nitrogen and oxygen atoms in total. The van der Waals surface area contributed by atoms with Gasteiger partial charge in [-0.25, -0.2) is 0 Å². The van der Waals surface area contributed by atoms with Crippen molar-refractivity contribution in [1.29, 1.82) is 0 Å². The van der Waals surface area contributed by atoms with Crippen LogP contribution in [0.2, 0.25) is 0 Å². The lowest BCUT2D eigenvalue weighted by Crippen LogP contribution is -2.25. The van der Waals surface area contributed by atoms with Crippen molar-refractivity contribution in [2.75, 3.05) is 18.1 Å². The number of halogens is 1. The van der Waals surface area contributed by atoms with E-state index < -0.39 is 0 Å². The minimum atomic E-state index is 0.123. The van der Waals surface area contributed by atoms with Crippen LogP contribution in [0.25, 0.3) is 0 Å². The zero-order valence-corrected chi connectivity index (χ0v) is 8.54. The number of hydrogen-bond donors (Lipinski definition) is 1. The van der Waals surface area contributed by atoms with E-state index in [4.69, 9.17) is 0 Å². The van der Waals surface area contributed by atoms with E-state index in [-0.39, 0.29) is 5.91 Å². The average molecular weight is 241 g/mol. The van der Waals surface area contributed by atoms with Crippen LogP contribution in [-0.4, -0.2) is 19.1 Å². The first kappa shape index (κ1) is 8.72. The zero-order chi connectivity index (χ0) is 9.26. The lowest BCUT2D eigenvalue weighted by atomic mass is 10.3. The Bertz CT molecular complexity index is 340. The maximum Gasteiger partial charge on any atom is 0.242 e. The molecule has 1 N–H and O–H groups in total. The summed E-state index contributed by atoms with van der Waals surface area (Å²) in [4.78, 5) is 13.1. The summed E-state index contributed by atoms with van der Waals surface area (Å²) in [5, 5.41) is 3.00. The summed E-state index contributed by atoms with van der Waals surface area (Å²) < 4.78 is 0.990. The van der Waals surface area contributed by atoms with Gasteiger partial charge in [0.15, 0.2) is 0 Å². The fourth-order valence-corrected chi connectivity index (χ4v) is 1.72. The van der Waals surface area contributed by atoms with Crippen molar-refractivity contribution in [2.24, 2.45) is 0 Å². The van der Waals surface area contributed by atoms with E-state index in [0.717, 1.165) is 10.2 Å². The Labute approximate surface area is 84.9 Å². The van der Waals surface area contributed by atoms with Crippen molar-refractivity contribution in [3.8, 4) is 0 Å². The highest BCUT2D eigenvalue weighted by atomic mass is 79.9. The lowest BCUT2D eigenvalue weighted by molar-refractivity contribution is -0.116. The summed E-state index contributed by atoms with van der Waals surface area (Å²) in [5.74, 6) is 0.123. The van der Waals surface area contributed by atoms with E-state index in [2.05, 4.69) is 21.2 Å². The number of benzene rings is 1. The quantitative estimate of drug-likeness (QED) is 0.804. The molecule has 4 heteroatoms. The van der Waals surface area contributed by atoms with Crippen molar-refractivity contribution in [2.45, 2.75) is 0 Å². The fraction of sp³-hybridized carbons (Fsp3) is 0.222. The number of anilines is 1. The Morgan fingerprint density at radius 2 is 2.31 bits per heavy atom. The van der Waals surface area contributed by atoms with Gasteiger partial charge in [-0.2, -0.15) is 0 Å². The minimum absolute atomic E-state index is 0.123. The maximum atomic E-state index is 11.3. The number of carbonyl (C=O) groups is 1. The monoisotopic (exact) mass is 240 g/mol. The number of rotatable bonds is 1. The summed E-state index contributed by atoms with van der Waals surface area (Å²) in [6.07, 6.45) is 0. The average Bonchev–Trinajstić information content (AvgIpc) is 2.51. The SMILES string of the molecule is O=C1CNCN1c1cccc(Br)c1. The van der Waals surface area contributed by atoms with Gasteiger partial charge in [-0.15, -0.1) is 0 Å². The van der Waals surface area contributed by atoms with Crippen LogP contribution in [0, 0.1) is 0 Å². The van der Waals surface area contributed by atoms with E-state index in [1.807, 2.05) is 24.3 Å². The van der Waals surface area contributed by atoms with Gasteiger partial charge in [0.05, 0.1) is 13.2 Å².